The third-order valence-electron chi connectivity index (χ3n) is 17.1. The van der Waals surface area contributed by atoms with Crippen LogP contribution in [-0.2, 0) is 90.0 Å². The number of carboxylic acids is 1. The Labute approximate surface area is 614 Å². The highest BCUT2D eigenvalue weighted by Gasteiger charge is 2.56. The van der Waals surface area contributed by atoms with Gasteiger partial charge < -0.3 is 77.2 Å². The Kier molecular flexibility index (Phi) is 28.0. The highest BCUT2D eigenvalue weighted by molar-refractivity contribution is 6.66. The average molecular weight is 1460 g/mol. The van der Waals surface area contributed by atoms with E-state index in [1.165, 1.54) is 24.3 Å². The lowest BCUT2D eigenvalue weighted by molar-refractivity contribution is -0.161. The lowest BCUT2D eigenvalue weighted by Crippen LogP contribution is -2.55. The van der Waals surface area contributed by atoms with Gasteiger partial charge >= 0.3 is 70.8 Å². The largest absolute Gasteiger partial charge is 0.495 e. The Morgan fingerprint density at radius 3 is 0.981 bits per heavy atom. The number of esters is 2. The first-order chi connectivity index (χ1) is 46.6. The molecular weight excluding hydrogens is 1350 g/mol. The van der Waals surface area contributed by atoms with Crippen LogP contribution in [-0.4, -0.2) is 181 Å². The molecule has 3 aliphatic heterocycles. The number of hydrogen-bond acceptors (Lipinski definition) is 22. The fourth-order valence-electron chi connectivity index (χ4n) is 9.80. The molecule has 3 aromatic rings. The van der Waals surface area contributed by atoms with Crippen molar-refractivity contribution in [2.24, 2.45) is 5.73 Å². The molecule has 3 saturated heterocycles. The molecule has 0 unspecified atom stereocenters. The van der Waals surface area contributed by atoms with Gasteiger partial charge in [-0.3, -0.25) is 4.79 Å². The Balaban J connectivity index is 0.000000367. The Morgan fingerprint density at radius 2 is 0.692 bits per heavy atom. The number of halogens is 2. The van der Waals surface area contributed by atoms with Crippen LogP contribution in [0.4, 0.5) is 28.0 Å². The van der Waals surface area contributed by atoms with E-state index < -0.39 is 168 Å². The van der Waals surface area contributed by atoms with E-state index in [4.69, 9.17) is 77.2 Å². The van der Waals surface area contributed by atoms with Crippen LogP contribution in [0, 0.1) is 11.6 Å². The first-order valence-electron chi connectivity index (χ1n) is 34.6. The SMILES string of the molecule is CC(C)(C)OC(=O)[C@@H](Cc1ccc(B2OC(C)(C)C(C)(C)O2)cc1B1OC(C)(C)C(C)(C)O1)N(C(=O)OC(C)(C)C)C(=O)OC(C)(C)C.CC(C)(C)OC(=O)[C@@H](Cc1ccc(B2OC(C)(C)C(C)(C)O2)cc1[18F])N(C(=O)OC(C)(C)C)C(=O)OC(C)(C)C.N[C@H](Cc1ccc(B(O)O)cc1[18F])C(=O)O. The zero-order chi connectivity index (χ0) is 80.4. The molecule has 5 N–H and O–H groups in total. The molecule has 578 valence electrons. The van der Waals surface area contributed by atoms with Crippen molar-refractivity contribution in [3.63, 3.8) is 0 Å². The number of carboxylic acid groups (broad SMARTS) is 1. The van der Waals surface area contributed by atoms with Crippen LogP contribution in [0.25, 0.3) is 0 Å². The monoisotopic (exact) mass is 1460 g/mol. The summed E-state index contributed by atoms with van der Waals surface area (Å²) < 4.78 is 100. The minimum absolute atomic E-state index is 0.00477. The molecule has 4 amide bonds. The predicted octanol–water partition coefficient (Wildman–Crippen LogP) is 9.72. The topological polar surface area (TPSA) is 323 Å². The Bertz CT molecular complexity index is 3480. The van der Waals surface area contributed by atoms with Gasteiger partial charge in [0.15, 0.2) is 0 Å². The summed E-state index contributed by atoms with van der Waals surface area (Å²) in [4.78, 5) is 93.3. The zero-order valence-electron chi connectivity index (χ0n) is 66.7. The van der Waals surface area contributed by atoms with E-state index in [9.17, 15) is 38.0 Å². The van der Waals surface area contributed by atoms with Crippen molar-refractivity contribution in [1.82, 2.24) is 9.80 Å². The third kappa shape index (κ3) is 25.2. The fraction of sp³-hybridized carbons (Fsp3) is 0.658. The molecule has 31 heteroatoms. The number of carbonyl (C=O) groups is 7. The predicted molar refractivity (Wildman–Crippen MR) is 391 cm³/mol. The van der Waals surface area contributed by atoms with Crippen molar-refractivity contribution in [1.29, 1.82) is 0 Å². The second-order valence-corrected chi connectivity index (χ2v) is 35.1. The summed E-state index contributed by atoms with van der Waals surface area (Å²) in [5, 5.41) is 26.1. The van der Waals surface area contributed by atoms with E-state index in [2.05, 4.69) is 0 Å². The van der Waals surface area contributed by atoms with Crippen molar-refractivity contribution >= 4 is 92.6 Å². The van der Waals surface area contributed by atoms with Crippen LogP contribution < -0.4 is 27.6 Å². The summed E-state index contributed by atoms with van der Waals surface area (Å²) in [6.45, 7) is 53.1. The number of nitrogens with two attached hydrogens (primary N) is 1. The number of carbonyl (C=O) groups excluding carboxylic acids is 6. The van der Waals surface area contributed by atoms with Gasteiger partial charge in [-0.25, -0.2) is 37.5 Å². The van der Waals surface area contributed by atoms with Gasteiger partial charge in [-0.1, -0.05) is 42.5 Å². The van der Waals surface area contributed by atoms with Gasteiger partial charge in [0.25, 0.3) is 0 Å². The molecular formula is C73H113B4F2N3O22. The number of imide groups is 2. The van der Waals surface area contributed by atoms with Crippen LogP contribution in [0.5, 0.6) is 0 Å². The van der Waals surface area contributed by atoms with Gasteiger partial charge in [-0.05, 0) is 258 Å². The van der Waals surface area contributed by atoms with Crippen molar-refractivity contribution < 1.29 is 114 Å². The molecule has 3 fully saturated rings. The maximum Gasteiger partial charge on any atom is 0.495 e. The number of nitrogens with zero attached hydrogens (tertiary/aromatic N) is 2. The molecule has 3 aliphatic rings. The van der Waals surface area contributed by atoms with Crippen molar-refractivity contribution in [2.45, 2.75) is 312 Å². The van der Waals surface area contributed by atoms with Crippen LogP contribution in [0.1, 0.15) is 224 Å². The standard InChI is InChI=1S/C35H57B2NO10.C29H45BFNO8.C9H11BFNO4/c1-29(2,3)42-26(39)25(38(27(40)43-30(4,5)6)28(41)44-31(7,8)9)20-22-18-19-23(36-45-32(10,11)33(12,13)46-36)21-24(22)37-47-34(14,15)35(16,17)48-37;1-25(2,3)36-22(33)21(32(23(34)37-26(4,5)6)24(35)38-27(7,8)9)16-18-14-15-19(17-20(18)31)30-39-28(10,11)29(12,13)40-30;11-7-4-6(10(15)16)2-1-5(7)3-8(12)9(13)14/h18-19,21,25H,20H2,1-17H3;14-15,17,21H,16H2,1-13H3;1-2,4,8,15-16H,3,12H2,(H,13,14)/t25-;21-;8-/m111/s1/i;31-1;11-1. The molecule has 3 aromatic carbocycles. The zero-order valence-corrected chi connectivity index (χ0v) is 66.7. The molecule has 0 spiro atoms. The van der Waals surface area contributed by atoms with E-state index in [-0.39, 0.29) is 35.9 Å². The van der Waals surface area contributed by atoms with Gasteiger partial charge in [0, 0.05) is 19.3 Å². The lowest BCUT2D eigenvalue weighted by Gasteiger charge is -2.34. The van der Waals surface area contributed by atoms with E-state index in [1.54, 1.807) is 137 Å². The second kappa shape index (κ2) is 32.4. The number of aliphatic carboxylic acids is 1. The molecule has 0 aliphatic carbocycles. The summed E-state index contributed by atoms with van der Waals surface area (Å²) in [6, 6.07) is 9.15. The molecule has 3 atom stereocenters. The fourth-order valence-corrected chi connectivity index (χ4v) is 9.80. The quantitative estimate of drug-likeness (QED) is 0.0624. The van der Waals surface area contributed by atoms with Crippen molar-refractivity contribution in [2.75, 3.05) is 0 Å². The minimum atomic E-state index is -1.75. The molecule has 0 radical (unpaired) electrons. The minimum Gasteiger partial charge on any atom is -0.480 e. The van der Waals surface area contributed by atoms with Crippen LogP contribution >= 0.6 is 0 Å². The first-order valence-corrected chi connectivity index (χ1v) is 34.6. The number of amides is 4. The second-order valence-electron chi connectivity index (χ2n) is 35.1. The summed E-state index contributed by atoms with van der Waals surface area (Å²) in [7, 11) is -4.10. The van der Waals surface area contributed by atoms with Crippen molar-refractivity contribution in [3.05, 3.63) is 82.9 Å². The van der Waals surface area contributed by atoms with Crippen molar-refractivity contribution in [3.8, 4) is 0 Å². The molecule has 6 rings (SSSR count). The van der Waals surface area contributed by atoms with E-state index >= 15 is 4.39 Å². The lowest BCUT2D eigenvalue weighted by atomic mass is 9.69. The Morgan fingerprint density at radius 1 is 0.423 bits per heavy atom. The summed E-state index contributed by atoms with van der Waals surface area (Å²) >= 11 is 0. The molecule has 25 nitrogen and oxygen atoms in total. The third-order valence-corrected chi connectivity index (χ3v) is 17.1. The summed E-state index contributed by atoms with van der Waals surface area (Å²) in [6.07, 6.45) is -5.02. The molecule has 0 aromatic heterocycles. The number of benzene rings is 3. The number of rotatable bonds is 15. The van der Waals surface area contributed by atoms with E-state index in [0.717, 1.165) is 6.07 Å². The average Bonchev–Trinajstić information content (AvgIpc) is 1.58. The number of hydrogen-bond donors (Lipinski definition) is 4. The van der Waals surface area contributed by atoms with Crippen LogP contribution in [0.2, 0.25) is 0 Å². The molecule has 0 saturated carbocycles. The van der Waals surface area contributed by atoms with Gasteiger partial charge in [0.05, 0.1) is 33.6 Å². The summed E-state index contributed by atoms with van der Waals surface area (Å²) in [5.74, 6) is -4.32. The molecule has 0 bridgehead atoms. The Hall–Kier alpha value is -6.69. The van der Waals surface area contributed by atoms with Gasteiger partial charge in [-0.15, -0.1) is 0 Å². The molecule has 3 heterocycles. The number of ether oxygens (including phenoxy) is 6. The van der Waals surface area contributed by atoms with Gasteiger partial charge in [-0.2, -0.15) is 9.80 Å². The van der Waals surface area contributed by atoms with Crippen LogP contribution in [0.15, 0.2) is 54.6 Å². The maximum absolute atomic E-state index is 15.5. The highest BCUT2D eigenvalue weighted by Crippen LogP contribution is 2.40. The van der Waals surface area contributed by atoms with Gasteiger partial charge in [0.2, 0.25) is 0 Å². The smallest absolute Gasteiger partial charge is 0.480 e. The maximum atomic E-state index is 15.5. The van der Waals surface area contributed by atoms with E-state index in [0.29, 0.717) is 31.8 Å². The van der Waals surface area contributed by atoms with Crippen LogP contribution in [0.3, 0.4) is 0 Å². The van der Waals surface area contributed by atoms with E-state index in [1.807, 2.05) is 95.2 Å². The normalized spacial score (nSPS) is 18.2. The molecule has 104 heavy (non-hydrogen) atoms. The first kappa shape index (κ1) is 89.7. The summed E-state index contributed by atoms with van der Waals surface area (Å²) in [5.41, 5.74) is -1.82. The highest BCUT2D eigenvalue weighted by atomic mass is 18.2. The van der Waals surface area contributed by atoms with Gasteiger partial charge in [0.1, 0.15) is 63.4 Å².